The number of rotatable bonds is 2. The first kappa shape index (κ1) is 13.6. The maximum absolute atomic E-state index is 12.0. The fourth-order valence-corrected chi connectivity index (χ4v) is 2.50. The first-order valence-corrected chi connectivity index (χ1v) is 7.33. The number of carbonyl (C=O) groups excluding carboxylic acids is 1. The highest BCUT2D eigenvalue weighted by atomic mass is 79.9. The van der Waals surface area contributed by atoms with Crippen LogP contribution in [0, 0.1) is 0 Å². The Balaban J connectivity index is 1.75. The lowest BCUT2D eigenvalue weighted by Gasteiger charge is -2.09. The molecule has 0 heterocycles. The van der Waals surface area contributed by atoms with Crippen LogP contribution in [0.25, 0.3) is 10.8 Å². The van der Waals surface area contributed by atoms with Crippen LogP contribution in [0.1, 0.15) is 0 Å². The molecule has 3 nitrogen and oxygen atoms in total. The summed E-state index contributed by atoms with van der Waals surface area (Å²) in [6.45, 7) is 0. The standard InChI is InChI=1S/C17H13BrN2O/c18-15-7-3-4-8-16(15)20-17(21)19-14-10-9-12-5-1-2-6-13(12)11-14/h1-11H,(H2,19,20,21). The van der Waals surface area contributed by atoms with Crippen molar-refractivity contribution < 1.29 is 4.79 Å². The molecular weight excluding hydrogens is 328 g/mol. The summed E-state index contributed by atoms with van der Waals surface area (Å²) < 4.78 is 0.846. The molecule has 3 aromatic rings. The predicted molar refractivity (Wildman–Crippen MR) is 90.7 cm³/mol. The van der Waals surface area contributed by atoms with Crippen LogP contribution in [0.5, 0.6) is 0 Å². The maximum Gasteiger partial charge on any atom is 0.323 e. The third-order valence-electron chi connectivity index (χ3n) is 3.13. The molecule has 0 spiro atoms. The van der Waals surface area contributed by atoms with E-state index >= 15 is 0 Å². The van der Waals surface area contributed by atoms with Gasteiger partial charge in [0.1, 0.15) is 0 Å². The number of para-hydroxylation sites is 1. The lowest BCUT2D eigenvalue weighted by molar-refractivity contribution is 0.262. The lowest BCUT2D eigenvalue weighted by atomic mass is 10.1. The van der Waals surface area contributed by atoms with Crippen molar-refractivity contribution in [3.8, 4) is 0 Å². The van der Waals surface area contributed by atoms with Gasteiger partial charge in [-0.3, -0.25) is 0 Å². The largest absolute Gasteiger partial charge is 0.323 e. The summed E-state index contributed by atoms with van der Waals surface area (Å²) in [6, 6.07) is 21.1. The minimum atomic E-state index is -0.266. The molecule has 0 aromatic heterocycles. The van der Waals surface area contributed by atoms with Crippen LogP contribution < -0.4 is 10.6 Å². The molecular formula is C17H13BrN2O. The number of amides is 2. The van der Waals surface area contributed by atoms with Crippen molar-refractivity contribution in [3.05, 3.63) is 71.2 Å². The van der Waals surface area contributed by atoms with E-state index in [1.807, 2.05) is 66.7 Å². The maximum atomic E-state index is 12.0. The zero-order valence-corrected chi connectivity index (χ0v) is 12.7. The van der Waals surface area contributed by atoms with Crippen LogP contribution in [0.4, 0.5) is 16.2 Å². The van der Waals surface area contributed by atoms with Gasteiger partial charge in [0, 0.05) is 10.2 Å². The van der Waals surface area contributed by atoms with Gasteiger partial charge in [-0.2, -0.15) is 0 Å². The van der Waals surface area contributed by atoms with Crippen molar-refractivity contribution in [2.75, 3.05) is 10.6 Å². The Kier molecular flexibility index (Phi) is 3.88. The van der Waals surface area contributed by atoms with E-state index in [4.69, 9.17) is 0 Å². The Bertz CT molecular complexity index is 801. The molecule has 0 radical (unpaired) electrons. The molecule has 3 rings (SSSR count). The molecule has 21 heavy (non-hydrogen) atoms. The van der Waals surface area contributed by atoms with Gasteiger partial charge in [-0.25, -0.2) is 4.79 Å². The molecule has 104 valence electrons. The Labute approximate surface area is 131 Å². The number of hydrogen-bond donors (Lipinski definition) is 2. The van der Waals surface area contributed by atoms with E-state index in [-0.39, 0.29) is 6.03 Å². The molecule has 0 saturated heterocycles. The predicted octanol–water partition coefficient (Wildman–Crippen LogP) is 5.25. The number of anilines is 2. The first-order valence-electron chi connectivity index (χ1n) is 6.54. The normalized spacial score (nSPS) is 10.3. The second kappa shape index (κ2) is 5.97. The van der Waals surface area contributed by atoms with Gasteiger partial charge in [0.2, 0.25) is 0 Å². The van der Waals surface area contributed by atoms with Crippen molar-refractivity contribution in [2.24, 2.45) is 0 Å². The molecule has 3 aromatic carbocycles. The first-order chi connectivity index (χ1) is 10.2. The highest BCUT2D eigenvalue weighted by Crippen LogP contribution is 2.22. The van der Waals surface area contributed by atoms with E-state index in [0.717, 1.165) is 26.6 Å². The van der Waals surface area contributed by atoms with Crippen LogP contribution >= 0.6 is 15.9 Å². The molecule has 0 fully saturated rings. The van der Waals surface area contributed by atoms with E-state index in [9.17, 15) is 4.79 Å². The summed E-state index contributed by atoms with van der Waals surface area (Å²) in [5, 5.41) is 7.89. The monoisotopic (exact) mass is 340 g/mol. The summed E-state index contributed by atoms with van der Waals surface area (Å²) in [5.41, 5.74) is 1.49. The summed E-state index contributed by atoms with van der Waals surface area (Å²) in [4.78, 5) is 12.0. The van der Waals surface area contributed by atoms with Gasteiger partial charge in [0.15, 0.2) is 0 Å². The van der Waals surface area contributed by atoms with Crippen molar-refractivity contribution in [3.63, 3.8) is 0 Å². The Morgan fingerprint density at radius 2 is 1.52 bits per heavy atom. The lowest BCUT2D eigenvalue weighted by Crippen LogP contribution is -2.19. The topological polar surface area (TPSA) is 41.1 Å². The molecule has 0 saturated carbocycles. The zero-order chi connectivity index (χ0) is 14.7. The summed E-state index contributed by atoms with van der Waals surface area (Å²) >= 11 is 3.40. The molecule has 0 unspecified atom stereocenters. The summed E-state index contributed by atoms with van der Waals surface area (Å²) in [5.74, 6) is 0. The minimum Gasteiger partial charge on any atom is -0.308 e. The molecule has 4 heteroatoms. The zero-order valence-electron chi connectivity index (χ0n) is 11.1. The minimum absolute atomic E-state index is 0.266. The van der Waals surface area contributed by atoms with E-state index < -0.39 is 0 Å². The van der Waals surface area contributed by atoms with Crippen LogP contribution in [-0.2, 0) is 0 Å². The number of benzene rings is 3. The number of fused-ring (bicyclic) bond motifs is 1. The fourth-order valence-electron chi connectivity index (χ4n) is 2.11. The van der Waals surface area contributed by atoms with Crippen molar-refractivity contribution in [2.45, 2.75) is 0 Å². The van der Waals surface area contributed by atoms with Crippen molar-refractivity contribution >= 4 is 44.1 Å². The van der Waals surface area contributed by atoms with Gasteiger partial charge >= 0.3 is 6.03 Å². The average molecular weight is 341 g/mol. The second-order valence-electron chi connectivity index (χ2n) is 4.62. The Hall–Kier alpha value is -2.33. The molecule has 0 bridgehead atoms. The number of carbonyl (C=O) groups is 1. The van der Waals surface area contributed by atoms with Crippen LogP contribution in [0.15, 0.2) is 71.2 Å². The van der Waals surface area contributed by atoms with Gasteiger partial charge < -0.3 is 10.6 Å². The molecule has 0 aliphatic heterocycles. The number of urea groups is 1. The van der Waals surface area contributed by atoms with Gasteiger partial charge in [-0.1, -0.05) is 42.5 Å². The smallest absolute Gasteiger partial charge is 0.308 e. The highest BCUT2D eigenvalue weighted by molar-refractivity contribution is 9.10. The number of nitrogens with one attached hydrogen (secondary N) is 2. The van der Waals surface area contributed by atoms with Gasteiger partial charge in [0.05, 0.1) is 5.69 Å². The molecule has 2 amide bonds. The average Bonchev–Trinajstić information content (AvgIpc) is 2.49. The summed E-state index contributed by atoms with van der Waals surface area (Å²) in [7, 11) is 0. The number of halogens is 1. The molecule has 0 aliphatic rings. The third kappa shape index (κ3) is 3.23. The number of hydrogen-bond acceptors (Lipinski definition) is 1. The van der Waals surface area contributed by atoms with Crippen LogP contribution in [0.2, 0.25) is 0 Å². The van der Waals surface area contributed by atoms with Gasteiger partial charge in [-0.05, 0) is 51.0 Å². The SMILES string of the molecule is O=C(Nc1ccc2ccccc2c1)Nc1ccccc1Br. The molecule has 0 atom stereocenters. The second-order valence-corrected chi connectivity index (χ2v) is 5.48. The molecule has 0 aliphatic carbocycles. The van der Waals surface area contributed by atoms with E-state index in [1.54, 1.807) is 0 Å². The van der Waals surface area contributed by atoms with Gasteiger partial charge in [0.25, 0.3) is 0 Å². The van der Waals surface area contributed by atoms with Crippen molar-refractivity contribution in [1.82, 2.24) is 0 Å². The quantitative estimate of drug-likeness (QED) is 0.657. The Morgan fingerprint density at radius 3 is 2.33 bits per heavy atom. The van der Waals surface area contributed by atoms with Crippen molar-refractivity contribution in [1.29, 1.82) is 0 Å². The van der Waals surface area contributed by atoms with Crippen LogP contribution in [0.3, 0.4) is 0 Å². The van der Waals surface area contributed by atoms with E-state index in [2.05, 4.69) is 26.6 Å². The fraction of sp³-hybridized carbons (Fsp3) is 0. The van der Waals surface area contributed by atoms with E-state index in [0.29, 0.717) is 0 Å². The highest BCUT2D eigenvalue weighted by Gasteiger charge is 2.05. The van der Waals surface area contributed by atoms with Gasteiger partial charge in [-0.15, -0.1) is 0 Å². The van der Waals surface area contributed by atoms with Crippen LogP contribution in [-0.4, -0.2) is 6.03 Å². The third-order valence-corrected chi connectivity index (χ3v) is 3.82. The Morgan fingerprint density at radius 1 is 0.810 bits per heavy atom. The van der Waals surface area contributed by atoms with E-state index in [1.165, 1.54) is 0 Å². The summed E-state index contributed by atoms with van der Waals surface area (Å²) in [6.07, 6.45) is 0. The molecule has 2 N–H and O–H groups in total.